The van der Waals surface area contributed by atoms with Crippen molar-refractivity contribution >= 4 is 5.91 Å². The highest BCUT2D eigenvalue weighted by Gasteiger charge is 2.33. The maximum absolute atomic E-state index is 12.2. The number of hydrogen-bond donors (Lipinski definition) is 0. The third-order valence-corrected chi connectivity index (χ3v) is 5.62. The zero-order chi connectivity index (χ0) is 15.6. The van der Waals surface area contributed by atoms with Crippen molar-refractivity contribution in [3.63, 3.8) is 0 Å². The van der Waals surface area contributed by atoms with E-state index < -0.39 is 0 Å². The van der Waals surface area contributed by atoms with Crippen LogP contribution in [0.1, 0.15) is 19.3 Å². The van der Waals surface area contributed by atoms with Crippen LogP contribution < -0.4 is 0 Å². The van der Waals surface area contributed by atoms with Crippen LogP contribution in [0.25, 0.3) is 0 Å². The molecule has 1 amide bonds. The molecule has 0 aromatic carbocycles. The molecule has 7 heteroatoms. The number of tetrazole rings is 1. The Morgan fingerprint density at radius 1 is 1.13 bits per heavy atom. The minimum atomic E-state index is 0.108. The number of amides is 1. The molecule has 3 aliphatic carbocycles. The smallest absolute Gasteiger partial charge is 0.244 e. The van der Waals surface area contributed by atoms with Crippen LogP contribution in [0, 0.1) is 17.8 Å². The Balaban J connectivity index is 1.25. The number of nitrogens with zero attached hydrogens (tertiary/aromatic N) is 6. The predicted octanol–water partition coefficient (Wildman–Crippen LogP) is 0.420. The number of fused-ring (bicyclic) bond motifs is 2. The number of hydrogen-bond acceptors (Lipinski definition) is 5. The van der Waals surface area contributed by atoms with Gasteiger partial charge in [-0.05, 0) is 47.4 Å². The second kappa shape index (κ2) is 6.39. The summed E-state index contributed by atoms with van der Waals surface area (Å²) < 4.78 is 1.49. The molecule has 1 aromatic rings. The van der Waals surface area contributed by atoms with E-state index in [1.165, 1.54) is 36.8 Å². The van der Waals surface area contributed by atoms with Gasteiger partial charge in [0, 0.05) is 32.7 Å². The average molecular weight is 316 g/mol. The van der Waals surface area contributed by atoms with Crippen molar-refractivity contribution in [3.05, 3.63) is 18.5 Å². The van der Waals surface area contributed by atoms with Crippen molar-refractivity contribution in [1.29, 1.82) is 0 Å². The Morgan fingerprint density at radius 2 is 2.00 bits per heavy atom. The largest absolute Gasteiger partial charge is 0.339 e. The lowest BCUT2D eigenvalue weighted by atomic mass is 9.69. The number of rotatable bonds is 4. The molecule has 4 aliphatic rings. The van der Waals surface area contributed by atoms with Crippen LogP contribution in [0.2, 0.25) is 0 Å². The lowest BCUT2D eigenvalue weighted by molar-refractivity contribution is -0.134. The van der Waals surface area contributed by atoms with Crippen LogP contribution in [0.4, 0.5) is 0 Å². The normalized spacial score (nSPS) is 30.8. The van der Waals surface area contributed by atoms with E-state index in [0.29, 0.717) is 0 Å². The Bertz CT molecular complexity index is 563. The first-order chi connectivity index (χ1) is 11.3. The summed E-state index contributed by atoms with van der Waals surface area (Å²) in [6, 6.07) is 0. The van der Waals surface area contributed by atoms with Gasteiger partial charge in [0.2, 0.25) is 5.91 Å². The zero-order valence-corrected chi connectivity index (χ0v) is 13.4. The van der Waals surface area contributed by atoms with Crippen LogP contribution in [0.5, 0.6) is 0 Å². The van der Waals surface area contributed by atoms with E-state index in [2.05, 4.69) is 32.6 Å². The van der Waals surface area contributed by atoms with Crippen LogP contribution in [-0.2, 0) is 11.3 Å². The molecule has 2 bridgehead atoms. The number of aromatic nitrogens is 4. The Labute approximate surface area is 136 Å². The fourth-order valence-electron chi connectivity index (χ4n) is 4.26. The summed E-state index contributed by atoms with van der Waals surface area (Å²) >= 11 is 0. The summed E-state index contributed by atoms with van der Waals surface area (Å²) in [6.45, 7) is 5.04. The Kier molecular flexibility index (Phi) is 4.11. The van der Waals surface area contributed by atoms with E-state index in [1.54, 1.807) is 0 Å². The monoisotopic (exact) mass is 316 g/mol. The molecule has 7 nitrogen and oxygen atoms in total. The molecule has 1 aromatic heterocycles. The van der Waals surface area contributed by atoms with Gasteiger partial charge in [0.05, 0.1) is 0 Å². The molecule has 1 aliphatic heterocycles. The molecule has 0 spiro atoms. The molecule has 1 saturated carbocycles. The van der Waals surface area contributed by atoms with Crippen molar-refractivity contribution < 1.29 is 4.79 Å². The molecule has 124 valence electrons. The molecule has 2 fully saturated rings. The van der Waals surface area contributed by atoms with Crippen molar-refractivity contribution in [2.45, 2.75) is 25.8 Å². The highest BCUT2D eigenvalue weighted by atomic mass is 16.2. The van der Waals surface area contributed by atoms with Crippen molar-refractivity contribution in [3.8, 4) is 0 Å². The van der Waals surface area contributed by atoms with Crippen molar-refractivity contribution in [2.24, 2.45) is 17.8 Å². The first kappa shape index (κ1) is 14.8. The Morgan fingerprint density at radius 3 is 2.61 bits per heavy atom. The van der Waals surface area contributed by atoms with Crippen molar-refractivity contribution in [1.82, 2.24) is 30.0 Å². The van der Waals surface area contributed by atoms with Gasteiger partial charge in [0.1, 0.15) is 12.9 Å². The lowest BCUT2D eigenvalue weighted by Crippen LogP contribution is -2.51. The zero-order valence-electron chi connectivity index (χ0n) is 13.4. The molecule has 23 heavy (non-hydrogen) atoms. The van der Waals surface area contributed by atoms with Gasteiger partial charge in [-0.3, -0.25) is 9.69 Å². The summed E-state index contributed by atoms with van der Waals surface area (Å²) in [5.41, 5.74) is 0. The fraction of sp³-hybridized carbons (Fsp3) is 0.750. The first-order valence-electron chi connectivity index (χ1n) is 8.67. The molecule has 0 N–H and O–H groups in total. The minimum absolute atomic E-state index is 0.108. The molecular weight excluding hydrogens is 292 g/mol. The van der Waals surface area contributed by atoms with E-state index >= 15 is 0 Å². The molecule has 0 radical (unpaired) electrons. The van der Waals surface area contributed by atoms with Crippen LogP contribution in [-0.4, -0.2) is 68.6 Å². The summed E-state index contributed by atoms with van der Waals surface area (Å²) in [4.78, 5) is 16.7. The van der Waals surface area contributed by atoms with Gasteiger partial charge in [0.25, 0.3) is 0 Å². The molecule has 0 unspecified atom stereocenters. The maximum Gasteiger partial charge on any atom is 0.244 e. The van der Waals surface area contributed by atoms with Gasteiger partial charge in [-0.15, -0.1) is 5.10 Å². The fourth-order valence-corrected chi connectivity index (χ4v) is 4.26. The first-order valence-corrected chi connectivity index (χ1v) is 8.67. The SMILES string of the molecule is O=C(Cn1cnnn1)N1CCN(C[C@@H]2C[C@@H]3C=C[C@H]2CC3)CC1. The van der Waals surface area contributed by atoms with Gasteiger partial charge in [-0.25, -0.2) is 4.68 Å². The number of carbonyl (C=O) groups is 1. The molecule has 3 atom stereocenters. The van der Waals surface area contributed by atoms with E-state index in [0.717, 1.165) is 43.9 Å². The maximum atomic E-state index is 12.2. The van der Waals surface area contributed by atoms with Crippen LogP contribution in [0.15, 0.2) is 18.5 Å². The van der Waals surface area contributed by atoms with Gasteiger partial charge < -0.3 is 4.90 Å². The quantitative estimate of drug-likeness (QED) is 0.753. The number of piperazine rings is 1. The lowest BCUT2D eigenvalue weighted by Gasteiger charge is -2.42. The van der Waals surface area contributed by atoms with Crippen LogP contribution in [0.3, 0.4) is 0 Å². The van der Waals surface area contributed by atoms with Gasteiger partial charge in [-0.1, -0.05) is 12.2 Å². The van der Waals surface area contributed by atoms with E-state index in [-0.39, 0.29) is 12.5 Å². The second-order valence-corrected chi connectivity index (χ2v) is 7.07. The molecule has 2 heterocycles. The Hall–Kier alpha value is -1.76. The minimum Gasteiger partial charge on any atom is -0.339 e. The number of carbonyl (C=O) groups excluding carboxylic acids is 1. The van der Waals surface area contributed by atoms with E-state index in [1.807, 2.05) is 4.90 Å². The third kappa shape index (κ3) is 3.29. The summed E-state index contributed by atoms with van der Waals surface area (Å²) in [6.07, 6.45) is 10.5. The predicted molar refractivity (Wildman–Crippen MR) is 84.3 cm³/mol. The molecule has 5 rings (SSSR count). The van der Waals surface area contributed by atoms with Gasteiger partial charge >= 0.3 is 0 Å². The van der Waals surface area contributed by atoms with Gasteiger partial charge in [-0.2, -0.15) is 0 Å². The van der Waals surface area contributed by atoms with E-state index in [9.17, 15) is 4.79 Å². The van der Waals surface area contributed by atoms with Crippen molar-refractivity contribution in [2.75, 3.05) is 32.7 Å². The molecule has 1 saturated heterocycles. The number of allylic oxidation sites excluding steroid dienone is 2. The summed E-state index contributed by atoms with van der Waals surface area (Å²) in [5, 5.41) is 10.9. The second-order valence-electron chi connectivity index (χ2n) is 7.07. The van der Waals surface area contributed by atoms with Gasteiger partial charge in [0.15, 0.2) is 0 Å². The summed E-state index contributed by atoms with van der Waals surface area (Å²) in [5.74, 6) is 2.54. The standard InChI is InChI=1S/C16H24N6O/c23-16(11-22-12-17-18-19-22)21-7-5-20(6-8-21)10-15-9-13-1-3-14(15)4-2-13/h1,3,12-15H,2,4-11H2/t13-,14+,15+/m1/s1. The summed E-state index contributed by atoms with van der Waals surface area (Å²) in [7, 11) is 0. The molecular formula is C16H24N6O. The topological polar surface area (TPSA) is 67.2 Å². The highest BCUT2D eigenvalue weighted by Crippen LogP contribution is 2.40. The van der Waals surface area contributed by atoms with Crippen LogP contribution >= 0.6 is 0 Å². The highest BCUT2D eigenvalue weighted by molar-refractivity contribution is 5.75. The third-order valence-electron chi connectivity index (χ3n) is 5.62. The average Bonchev–Trinajstić information content (AvgIpc) is 3.09. The van der Waals surface area contributed by atoms with E-state index in [4.69, 9.17) is 0 Å².